The summed E-state index contributed by atoms with van der Waals surface area (Å²) in [7, 11) is 0. The number of nitrogens with zero attached hydrogens (tertiary/aromatic N) is 3. The summed E-state index contributed by atoms with van der Waals surface area (Å²) in [5.41, 5.74) is 12.4. The summed E-state index contributed by atoms with van der Waals surface area (Å²) in [4.78, 5) is 7.21. The van der Waals surface area contributed by atoms with Gasteiger partial charge in [0.1, 0.15) is 0 Å². The first-order valence-electron chi connectivity index (χ1n) is 20.9. The largest absolute Gasteiger partial charge is 0.310 e. The van der Waals surface area contributed by atoms with E-state index in [9.17, 15) is 0 Å². The molecule has 0 amide bonds. The molecule has 3 nitrogen and oxygen atoms in total. The summed E-state index contributed by atoms with van der Waals surface area (Å²) in [5.74, 6) is 0. The Morgan fingerprint density at radius 3 is 1.36 bits per heavy atom. The van der Waals surface area contributed by atoms with Crippen LogP contribution in [-0.2, 0) is 0 Å². The predicted molar refractivity (Wildman–Crippen MR) is 260 cm³/mol. The van der Waals surface area contributed by atoms with E-state index in [1.165, 1.54) is 43.1 Å². The molecule has 0 unspecified atom stereocenters. The first-order valence-corrected chi connectivity index (χ1v) is 20.9. The zero-order chi connectivity index (χ0) is 40.3. The highest BCUT2D eigenvalue weighted by molar-refractivity contribution is 6.26. The molecule has 0 aliphatic carbocycles. The summed E-state index contributed by atoms with van der Waals surface area (Å²) in [6.45, 7) is 0. The Bertz CT molecular complexity index is 3390. The van der Waals surface area contributed by atoms with E-state index in [-0.39, 0.29) is 0 Å². The normalized spacial score (nSPS) is 12.2. The lowest BCUT2D eigenvalue weighted by molar-refractivity contribution is 1.17. The van der Waals surface area contributed by atoms with Crippen molar-refractivity contribution in [2.75, 3.05) is 14.7 Å². The molecule has 1 heterocycles. The first kappa shape index (κ1) is 34.9. The van der Waals surface area contributed by atoms with Crippen LogP contribution in [0.1, 0.15) is 0 Å². The number of fused-ring (bicyclic) bond motifs is 9. The van der Waals surface area contributed by atoms with Crippen LogP contribution >= 0.6 is 0 Å². The number of rotatable bonds is 6. The number of hydrogen-bond donors (Lipinski definition) is 0. The second kappa shape index (κ2) is 14.3. The standard InChI is InChI=1S/C58H39N3/c1-3-18-43(19-4-1)60-55-27-13-14-28-56(55)61(44-20-5-2-6-21-44)58-38-42(32-37-57(58)60)40-30-33-45(34-31-40)59(54-29-15-17-41-16-7-8-22-47(41)54)46-35-36-52-50-25-10-9-23-48(50)49-24-11-12-26-51(49)53(52)39-46/h1-39H. The van der Waals surface area contributed by atoms with Gasteiger partial charge in [0.2, 0.25) is 0 Å². The van der Waals surface area contributed by atoms with Gasteiger partial charge in [0.05, 0.1) is 28.4 Å². The second-order valence-corrected chi connectivity index (χ2v) is 15.7. The van der Waals surface area contributed by atoms with E-state index in [0.717, 1.165) is 62.3 Å². The first-order chi connectivity index (χ1) is 30.3. The number of benzene rings is 11. The minimum atomic E-state index is 1.09. The van der Waals surface area contributed by atoms with Crippen molar-refractivity contribution >= 4 is 94.3 Å². The van der Waals surface area contributed by atoms with E-state index in [1.54, 1.807) is 0 Å². The lowest BCUT2D eigenvalue weighted by Gasteiger charge is -2.40. The van der Waals surface area contributed by atoms with E-state index >= 15 is 0 Å². The molecule has 0 fully saturated rings. The Kier molecular flexibility index (Phi) is 8.17. The molecule has 3 heteroatoms. The highest BCUT2D eigenvalue weighted by Gasteiger charge is 2.30. The lowest BCUT2D eigenvalue weighted by atomic mass is 9.94. The van der Waals surface area contributed by atoms with Gasteiger partial charge in [0, 0.05) is 28.1 Å². The Balaban J connectivity index is 1.02. The van der Waals surface area contributed by atoms with E-state index < -0.39 is 0 Å². The average molecular weight is 778 g/mol. The van der Waals surface area contributed by atoms with Crippen LogP contribution in [-0.4, -0.2) is 0 Å². The SMILES string of the molecule is c1ccc(N2c3ccccc3N(c3ccccc3)c3cc(-c4ccc(N(c5ccc6c7ccccc7c7ccccc7c6c5)c5cccc6ccccc56)cc4)ccc32)cc1. The number of para-hydroxylation sites is 4. The molecule has 11 aromatic carbocycles. The van der Waals surface area contributed by atoms with Crippen LogP contribution in [0.2, 0.25) is 0 Å². The van der Waals surface area contributed by atoms with Gasteiger partial charge in [0.15, 0.2) is 0 Å². The van der Waals surface area contributed by atoms with Gasteiger partial charge >= 0.3 is 0 Å². The summed E-state index contributed by atoms with van der Waals surface area (Å²) in [6.07, 6.45) is 0. The maximum Gasteiger partial charge on any atom is 0.0709 e. The summed E-state index contributed by atoms with van der Waals surface area (Å²) in [5, 5.41) is 10.0. The van der Waals surface area contributed by atoms with Gasteiger partial charge < -0.3 is 14.7 Å². The van der Waals surface area contributed by atoms with Gasteiger partial charge in [-0.25, -0.2) is 0 Å². The quantitative estimate of drug-likeness (QED) is 0.156. The van der Waals surface area contributed by atoms with E-state index in [4.69, 9.17) is 0 Å². The molecule has 0 saturated carbocycles. The van der Waals surface area contributed by atoms with Crippen molar-refractivity contribution in [3.63, 3.8) is 0 Å². The fourth-order valence-corrected chi connectivity index (χ4v) is 9.55. The smallest absolute Gasteiger partial charge is 0.0709 e. The zero-order valence-electron chi connectivity index (χ0n) is 33.4. The molecule has 11 aromatic rings. The van der Waals surface area contributed by atoms with Crippen molar-refractivity contribution in [1.29, 1.82) is 0 Å². The molecule has 1 aliphatic heterocycles. The molecule has 0 spiro atoms. The van der Waals surface area contributed by atoms with Gasteiger partial charge in [-0.3, -0.25) is 0 Å². The fourth-order valence-electron chi connectivity index (χ4n) is 9.55. The monoisotopic (exact) mass is 777 g/mol. The molecule has 0 saturated heterocycles. The average Bonchev–Trinajstić information content (AvgIpc) is 3.34. The molecular weight excluding hydrogens is 739 g/mol. The third kappa shape index (κ3) is 5.74. The highest BCUT2D eigenvalue weighted by atomic mass is 15.3. The summed E-state index contributed by atoms with van der Waals surface area (Å²) in [6, 6.07) is 86.0. The van der Waals surface area contributed by atoms with Crippen molar-refractivity contribution in [3.8, 4) is 11.1 Å². The third-order valence-corrected chi connectivity index (χ3v) is 12.3. The molecule has 1 aliphatic rings. The number of anilines is 9. The minimum Gasteiger partial charge on any atom is -0.310 e. The van der Waals surface area contributed by atoms with Crippen LogP contribution in [0.5, 0.6) is 0 Å². The second-order valence-electron chi connectivity index (χ2n) is 15.7. The molecule has 0 aromatic heterocycles. The Labute approximate surface area is 355 Å². The van der Waals surface area contributed by atoms with Crippen LogP contribution in [0.25, 0.3) is 54.2 Å². The molecular formula is C58H39N3. The van der Waals surface area contributed by atoms with Crippen molar-refractivity contribution < 1.29 is 0 Å². The van der Waals surface area contributed by atoms with Crippen molar-refractivity contribution in [2.24, 2.45) is 0 Å². The summed E-state index contributed by atoms with van der Waals surface area (Å²) < 4.78 is 0. The zero-order valence-corrected chi connectivity index (χ0v) is 33.4. The van der Waals surface area contributed by atoms with Crippen LogP contribution in [0.4, 0.5) is 51.2 Å². The minimum absolute atomic E-state index is 1.09. The summed E-state index contributed by atoms with van der Waals surface area (Å²) >= 11 is 0. The molecule has 286 valence electrons. The number of hydrogen-bond acceptors (Lipinski definition) is 3. The molecule has 0 bridgehead atoms. The van der Waals surface area contributed by atoms with Crippen molar-refractivity contribution in [3.05, 3.63) is 237 Å². The molecule has 61 heavy (non-hydrogen) atoms. The van der Waals surface area contributed by atoms with Crippen LogP contribution in [0, 0.1) is 0 Å². The van der Waals surface area contributed by atoms with E-state index in [2.05, 4.69) is 251 Å². The van der Waals surface area contributed by atoms with Crippen LogP contribution < -0.4 is 14.7 Å². The van der Waals surface area contributed by atoms with Crippen LogP contribution in [0.3, 0.4) is 0 Å². The maximum atomic E-state index is 2.42. The Morgan fingerprint density at radius 2 is 0.721 bits per heavy atom. The van der Waals surface area contributed by atoms with Gasteiger partial charge in [-0.15, -0.1) is 0 Å². The van der Waals surface area contributed by atoms with Crippen molar-refractivity contribution in [1.82, 2.24) is 0 Å². The fraction of sp³-hybridized carbons (Fsp3) is 0. The maximum absolute atomic E-state index is 2.42. The van der Waals surface area contributed by atoms with Crippen LogP contribution in [0.15, 0.2) is 237 Å². The lowest BCUT2D eigenvalue weighted by Crippen LogP contribution is -2.24. The molecule has 0 radical (unpaired) electrons. The third-order valence-electron chi connectivity index (χ3n) is 12.3. The predicted octanol–water partition coefficient (Wildman–Crippen LogP) is 16.7. The Hall–Kier alpha value is -8.14. The van der Waals surface area contributed by atoms with Gasteiger partial charge in [0.25, 0.3) is 0 Å². The van der Waals surface area contributed by atoms with Gasteiger partial charge in [-0.05, 0) is 128 Å². The highest BCUT2D eigenvalue weighted by Crippen LogP contribution is 2.55. The van der Waals surface area contributed by atoms with E-state index in [0.29, 0.717) is 0 Å². The molecule has 0 N–H and O–H groups in total. The molecule has 0 atom stereocenters. The van der Waals surface area contributed by atoms with Crippen molar-refractivity contribution in [2.45, 2.75) is 0 Å². The topological polar surface area (TPSA) is 9.72 Å². The van der Waals surface area contributed by atoms with E-state index in [1.807, 2.05) is 0 Å². The van der Waals surface area contributed by atoms with Gasteiger partial charge in [-0.1, -0.05) is 158 Å². The Morgan fingerprint density at radius 1 is 0.262 bits per heavy atom. The molecule has 12 rings (SSSR count). The van der Waals surface area contributed by atoms with Gasteiger partial charge in [-0.2, -0.15) is 0 Å².